The van der Waals surface area contributed by atoms with Gasteiger partial charge in [0.1, 0.15) is 5.82 Å². The van der Waals surface area contributed by atoms with E-state index in [-0.39, 0.29) is 12.4 Å². The fraction of sp³-hybridized carbons (Fsp3) is 0.538. The molecule has 1 aliphatic heterocycles. The first-order valence-corrected chi connectivity index (χ1v) is 6.03. The summed E-state index contributed by atoms with van der Waals surface area (Å²) in [5.74, 6) is 0.131. The fourth-order valence-electron chi connectivity index (χ4n) is 2.34. The second kappa shape index (κ2) is 5.47. The Bertz CT molecular complexity index is 384. The van der Waals surface area contributed by atoms with E-state index in [9.17, 15) is 4.39 Å². The normalized spacial score (nSPS) is 19.9. The van der Waals surface area contributed by atoms with Crippen LogP contribution in [0.5, 0.6) is 0 Å². The minimum atomic E-state index is -0.194. The molecule has 1 aliphatic rings. The van der Waals surface area contributed by atoms with Gasteiger partial charge in [-0.3, -0.25) is 0 Å². The van der Waals surface area contributed by atoms with Gasteiger partial charge in [-0.15, -0.1) is 0 Å². The van der Waals surface area contributed by atoms with Gasteiger partial charge in [-0.25, -0.2) is 4.39 Å². The van der Waals surface area contributed by atoms with Crippen LogP contribution in [0.2, 0.25) is 0 Å². The first-order valence-electron chi connectivity index (χ1n) is 6.03. The Morgan fingerprint density at radius 2 is 2.29 bits per heavy atom. The fourth-order valence-corrected chi connectivity index (χ4v) is 2.34. The number of rotatable bonds is 4. The van der Waals surface area contributed by atoms with Crippen molar-refractivity contribution in [3.8, 4) is 0 Å². The van der Waals surface area contributed by atoms with Gasteiger partial charge in [-0.2, -0.15) is 0 Å². The first-order chi connectivity index (χ1) is 8.22. The van der Waals surface area contributed by atoms with Gasteiger partial charge in [0.05, 0.1) is 0 Å². The van der Waals surface area contributed by atoms with Crippen molar-refractivity contribution in [2.45, 2.75) is 13.0 Å². The van der Waals surface area contributed by atoms with Gasteiger partial charge in [0, 0.05) is 37.8 Å². The number of aliphatic hydroxyl groups excluding tert-OH is 1. The molecule has 0 amide bonds. The number of hydrogen-bond donors (Lipinski definition) is 2. The Balaban J connectivity index is 2.15. The Kier molecular flexibility index (Phi) is 3.97. The summed E-state index contributed by atoms with van der Waals surface area (Å²) in [6.45, 7) is 2.60. The largest absolute Gasteiger partial charge is 0.396 e. The average Bonchev–Trinajstić information content (AvgIpc) is 2.77. The highest BCUT2D eigenvalue weighted by atomic mass is 19.1. The van der Waals surface area contributed by atoms with Crippen LogP contribution in [0, 0.1) is 11.7 Å². The molecular formula is C13H19FN2O. The second-order valence-corrected chi connectivity index (χ2v) is 4.63. The van der Waals surface area contributed by atoms with Crippen molar-refractivity contribution in [2.24, 2.45) is 5.92 Å². The molecule has 2 N–H and O–H groups in total. The quantitative estimate of drug-likeness (QED) is 0.831. The van der Waals surface area contributed by atoms with Crippen LogP contribution < -0.4 is 10.2 Å². The highest BCUT2D eigenvalue weighted by Gasteiger charge is 2.22. The number of nitrogens with one attached hydrogen (secondary N) is 1. The Hall–Kier alpha value is -1.13. The van der Waals surface area contributed by atoms with Gasteiger partial charge in [0.25, 0.3) is 0 Å². The Labute approximate surface area is 101 Å². The molecule has 1 aromatic rings. The van der Waals surface area contributed by atoms with Crippen molar-refractivity contribution >= 4 is 5.69 Å². The van der Waals surface area contributed by atoms with Gasteiger partial charge >= 0.3 is 0 Å². The summed E-state index contributed by atoms with van der Waals surface area (Å²) in [5, 5.41) is 12.1. The molecule has 0 saturated carbocycles. The lowest BCUT2D eigenvalue weighted by atomic mass is 10.1. The van der Waals surface area contributed by atoms with E-state index in [1.165, 1.54) is 0 Å². The highest BCUT2D eigenvalue weighted by Crippen LogP contribution is 2.25. The van der Waals surface area contributed by atoms with E-state index in [2.05, 4.69) is 10.2 Å². The maximum Gasteiger partial charge on any atom is 0.125 e. The van der Waals surface area contributed by atoms with Crippen LogP contribution in [0.15, 0.2) is 18.2 Å². The molecule has 2 rings (SSSR count). The summed E-state index contributed by atoms with van der Waals surface area (Å²) in [4.78, 5) is 2.14. The van der Waals surface area contributed by atoms with Crippen molar-refractivity contribution in [3.05, 3.63) is 29.6 Å². The predicted molar refractivity (Wildman–Crippen MR) is 66.6 cm³/mol. The van der Waals surface area contributed by atoms with Gasteiger partial charge < -0.3 is 15.3 Å². The van der Waals surface area contributed by atoms with E-state index >= 15 is 0 Å². The zero-order valence-electron chi connectivity index (χ0n) is 10.1. The van der Waals surface area contributed by atoms with Gasteiger partial charge in [0.2, 0.25) is 0 Å². The zero-order valence-corrected chi connectivity index (χ0v) is 10.1. The molecule has 1 atom stereocenters. The lowest BCUT2D eigenvalue weighted by Crippen LogP contribution is -2.21. The molecule has 0 aromatic heterocycles. The van der Waals surface area contributed by atoms with Crippen LogP contribution in [0.4, 0.5) is 10.1 Å². The van der Waals surface area contributed by atoms with Crippen molar-refractivity contribution in [2.75, 3.05) is 31.6 Å². The number of nitrogens with zero attached hydrogens (tertiary/aromatic N) is 1. The third-order valence-corrected chi connectivity index (χ3v) is 3.23. The molecule has 0 radical (unpaired) electrons. The highest BCUT2D eigenvalue weighted by molar-refractivity contribution is 5.50. The van der Waals surface area contributed by atoms with Crippen LogP contribution in [0.3, 0.4) is 0 Å². The standard InChI is InChI=1S/C13H19FN2O/c1-15-7-11-4-12(14)6-13(5-11)16-3-2-10(8-16)9-17/h4-6,10,15,17H,2-3,7-9H2,1H3. The Morgan fingerprint density at radius 3 is 2.94 bits per heavy atom. The van der Waals surface area contributed by atoms with Gasteiger partial charge in [0.15, 0.2) is 0 Å². The monoisotopic (exact) mass is 238 g/mol. The zero-order chi connectivity index (χ0) is 12.3. The van der Waals surface area contributed by atoms with E-state index < -0.39 is 0 Å². The van der Waals surface area contributed by atoms with Crippen molar-refractivity contribution in [1.29, 1.82) is 0 Å². The van der Waals surface area contributed by atoms with Crippen molar-refractivity contribution < 1.29 is 9.50 Å². The summed E-state index contributed by atoms with van der Waals surface area (Å²) in [5.41, 5.74) is 1.88. The SMILES string of the molecule is CNCc1cc(F)cc(N2CCC(CO)C2)c1. The third-order valence-electron chi connectivity index (χ3n) is 3.23. The lowest BCUT2D eigenvalue weighted by molar-refractivity contribution is 0.238. The number of anilines is 1. The molecule has 1 saturated heterocycles. The number of halogens is 1. The summed E-state index contributed by atoms with van der Waals surface area (Å²) in [6.07, 6.45) is 0.981. The molecule has 0 aliphatic carbocycles. The third kappa shape index (κ3) is 2.96. The number of benzene rings is 1. The number of aliphatic hydroxyl groups is 1. The predicted octanol–water partition coefficient (Wildman–Crippen LogP) is 1.36. The molecule has 1 aromatic carbocycles. The molecule has 0 bridgehead atoms. The smallest absolute Gasteiger partial charge is 0.125 e. The van der Waals surface area contributed by atoms with Gasteiger partial charge in [-0.1, -0.05) is 0 Å². The summed E-state index contributed by atoms with van der Waals surface area (Å²) in [7, 11) is 1.85. The molecule has 17 heavy (non-hydrogen) atoms. The average molecular weight is 238 g/mol. The molecule has 94 valence electrons. The van der Waals surface area contributed by atoms with E-state index in [0.29, 0.717) is 12.5 Å². The minimum absolute atomic E-state index is 0.194. The van der Waals surface area contributed by atoms with Crippen LogP contribution >= 0.6 is 0 Å². The van der Waals surface area contributed by atoms with Crippen LogP contribution in [0.25, 0.3) is 0 Å². The molecule has 0 spiro atoms. The second-order valence-electron chi connectivity index (χ2n) is 4.63. The molecule has 1 heterocycles. The molecular weight excluding hydrogens is 219 g/mol. The summed E-state index contributed by atoms with van der Waals surface area (Å²) < 4.78 is 13.5. The summed E-state index contributed by atoms with van der Waals surface area (Å²) >= 11 is 0. The van der Waals surface area contributed by atoms with Crippen LogP contribution in [-0.4, -0.2) is 31.9 Å². The lowest BCUT2D eigenvalue weighted by Gasteiger charge is -2.19. The maximum absolute atomic E-state index is 13.5. The van der Waals surface area contributed by atoms with E-state index in [4.69, 9.17) is 5.11 Å². The van der Waals surface area contributed by atoms with E-state index in [1.54, 1.807) is 12.1 Å². The van der Waals surface area contributed by atoms with Crippen molar-refractivity contribution in [3.63, 3.8) is 0 Å². The van der Waals surface area contributed by atoms with Crippen molar-refractivity contribution in [1.82, 2.24) is 5.32 Å². The maximum atomic E-state index is 13.5. The molecule has 1 fully saturated rings. The number of hydrogen-bond acceptors (Lipinski definition) is 3. The van der Waals surface area contributed by atoms with E-state index in [1.807, 2.05) is 13.1 Å². The van der Waals surface area contributed by atoms with Crippen LogP contribution in [0.1, 0.15) is 12.0 Å². The van der Waals surface area contributed by atoms with E-state index in [0.717, 1.165) is 30.8 Å². The summed E-state index contributed by atoms with van der Waals surface area (Å²) in [6, 6.07) is 5.14. The molecule has 3 nitrogen and oxygen atoms in total. The topological polar surface area (TPSA) is 35.5 Å². The van der Waals surface area contributed by atoms with Gasteiger partial charge in [-0.05, 0) is 37.2 Å². The minimum Gasteiger partial charge on any atom is -0.396 e. The first kappa shape index (κ1) is 12.3. The Morgan fingerprint density at radius 1 is 1.47 bits per heavy atom. The van der Waals surface area contributed by atoms with Crippen LogP contribution in [-0.2, 0) is 6.54 Å². The molecule has 4 heteroatoms. The molecule has 1 unspecified atom stereocenters.